The number of rotatable bonds is 3. The Morgan fingerprint density at radius 2 is 2.00 bits per heavy atom. The van der Waals surface area contributed by atoms with E-state index < -0.39 is 0 Å². The summed E-state index contributed by atoms with van der Waals surface area (Å²) in [5.41, 5.74) is 6.06. The Balaban J connectivity index is 2.81. The summed E-state index contributed by atoms with van der Waals surface area (Å²) in [5, 5.41) is 0. The third-order valence-corrected chi connectivity index (χ3v) is 2.01. The molecule has 0 heterocycles. The summed E-state index contributed by atoms with van der Waals surface area (Å²) < 4.78 is 5.01. The van der Waals surface area contributed by atoms with Gasteiger partial charge in [0, 0.05) is 12.7 Å². The van der Waals surface area contributed by atoms with E-state index in [1.807, 2.05) is 12.1 Å². The standard InChI is InChI=1S/C10H14N2O2/c1-12(10(13)7-11)8-3-5-9(14-2)6-4-8/h3-6H,7,11H2,1-2H3. The number of ether oxygens (including phenoxy) is 1. The molecule has 0 spiro atoms. The molecule has 4 heteroatoms. The fraction of sp³-hybridized carbons (Fsp3) is 0.300. The van der Waals surface area contributed by atoms with Gasteiger partial charge >= 0.3 is 0 Å². The fourth-order valence-electron chi connectivity index (χ4n) is 1.09. The maximum absolute atomic E-state index is 11.2. The van der Waals surface area contributed by atoms with Crippen LogP contribution in [0, 0.1) is 0 Å². The molecule has 0 aliphatic carbocycles. The number of amides is 1. The number of hydrogen-bond donors (Lipinski definition) is 1. The topological polar surface area (TPSA) is 55.6 Å². The van der Waals surface area contributed by atoms with Crippen molar-refractivity contribution in [1.82, 2.24) is 0 Å². The van der Waals surface area contributed by atoms with Crippen LogP contribution >= 0.6 is 0 Å². The van der Waals surface area contributed by atoms with E-state index in [1.54, 1.807) is 26.3 Å². The van der Waals surface area contributed by atoms with E-state index in [9.17, 15) is 4.79 Å². The van der Waals surface area contributed by atoms with Crippen LogP contribution in [0.3, 0.4) is 0 Å². The Kier molecular flexibility index (Phi) is 3.48. The number of methoxy groups -OCH3 is 1. The van der Waals surface area contributed by atoms with Crippen LogP contribution in [-0.4, -0.2) is 26.6 Å². The number of likely N-dealkylation sites (N-methyl/N-ethyl adjacent to an activating group) is 1. The molecule has 0 aliphatic rings. The van der Waals surface area contributed by atoms with Crippen molar-refractivity contribution in [3.63, 3.8) is 0 Å². The first kappa shape index (κ1) is 10.5. The second-order valence-corrected chi connectivity index (χ2v) is 2.85. The third-order valence-electron chi connectivity index (χ3n) is 2.01. The molecule has 1 amide bonds. The summed E-state index contributed by atoms with van der Waals surface area (Å²) in [7, 11) is 3.29. The van der Waals surface area contributed by atoms with Crippen LogP contribution in [0.2, 0.25) is 0 Å². The van der Waals surface area contributed by atoms with Gasteiger partial charge in [-0.2, -0.15) is 0 Å². The van der Waals surface area contributed by atoms with Gasteiger partial charge in [0.05, 0.1) is 13.7 Å². The van der Waals surface area contributed by atoms with Crippen LogP contribution in [0.5, 0.6) is 5.75 Å². The SMILES string of the molecule is COc1ccc(N(C)C(=O)CN)cc1. The molecule has 0 saturated carbocycles. The van der Waals surface area contributed by atoms with Crippen molar-refractivity contribution in [2.45, 2.75) is 0 Å². The smallest absolute Gasteiger partial charge is 0.240 e. The minimum Gasteiger partial charge on any atom is -0.497 e. The first-order valence-electron chi connectivity index (χ1n) is 4.29. The van der Waals surface area contributed by atoms with E-state index >= 15 is 0 Å². The van der Waals surface area contributed by atoms with Crippen molar-refractivity contribution in [3.05, 3.63) is 24.3 Å². The van der Waals surface area contributed by atoms with Gasteiger partial charge in [-0.3, -0.25) is 4.79 Å². The molecule has 14 heavy (non-hydrogen) atoms. The van der Waals surface area contributed by atoms with E-state index in [2.05, 4.69) is 0 Å². The van der Waals surface area contributed by atoms with Crippen molar-refractivity contribution in [1.29, 1.82) is 0 Å². The van der Waals surface area contributed by atoms with Gasteiger partial charge in [0.1, 0.15) is 5.75 Å². The van der Waals surface area contributed by atoms with Crippen molar-refractivity contribution < 1.29 is 9.53 Å². The third kappa shape index (κ3) is 2.23. The Labute approximate surface area is 83.3 Å². The van der Waals surface area contributed by atoms with Gasteiger partial charge in [0.15, 0.2) is 0 Å². The lowest BCUT2D eigenvalue weighted by Gasteiger charge is -2.16. The van der Waals surface area contributed by atoms with E-state index in [-0.39, 0.29) is 12.5 Å². The second kappa shape index (κ2) is 4.62. The van der Waals surface area contributed by atoms with E-state index in [0.29, 0.717) is 0 Å². The molecule has 4 nitrogen and oxygen atoms in total. The molecule has 0 unspecified atom stereocenters. The van der Waals surface area contributed by atoms with Crippen LogP contribution in [0.1, 0.15) is 0 Å². The second-order valence-electron chi connectivity index (χ2n) is 2.85. The molecule has 0 atom stereocenters. The van der Waals surface area contributed by atoms with Gasteiger partial charge in [-0.25, -0.2) is 0 Å². The highest BCUT2D eigenvalue weighted by atomic mass is 16.5. The van der Waals surface area contributed by atoms with Crippen LogP contribution in [0.25, 0.3) is 0 Å². The number of carbonyl (C=O) groups excluding carboxylic acids is 1. The lowest BCUT2D eigenvalue weighted by molar-refractivity contribution is -0.117. The molecule has 0 radical (unpaired) electrons. The summed E-state index contributed by atoms with van der Waals surface area (Å²) in [4.78, 5) is 12.7. The lowest BCUT2D eigenvalue weighted by Crippen LogP contribution is -2.32. The van der Waals surface area contributed by atoms with Gasteiger partial charge in [-0.05, 0) is 24.3 Å². The molecule has 1 rings (SSSR count). The average molecular weight is 194 g/mol. The van der Waals surface area contributed by atoms with Gasteiger partial charge < -0.3 is 15.4 Å². The fourth-order valence-corrected chi connectivity index (χ4v) is 1.09. The Morgan fingerprint density at radius 1 is 1.43 bits per heavy atom. The molecule has 0 aromatic heterocycles. The predicted octanol–water partition coefficient (Wildman–Crippen LogP) is 0.617. The minimum absolute atomic E-state index is 0.0164. The Bertz CT molecular complexity index is 308. The maximum Gasteiger partial charge on any atom is 0.240 e. The van der Waals surface area contributed by atoms with Crippen LogP contribution in [0.15, 0.2) is 24.3 Å². The average Bonchev–Trinajstić information content (AvgIpc) is 2.27. The molecular formula is C10H14N2O2. The number of carbonyl (C=O) groups is 1. The predicted molar refractivity (Wildman–Crippen MR) is 55.5 cm³/mol. The minimum atomic E-state index is -0.116. The van der Waals surface area contributed by atoms with Crippen LogP contribution in [0.4, 0.5) is 5.69 Å². The molecule has 0 aliphatic heterocycles. The lowest BCUT2D eigenvalue weighted by atomic mass is 10.3. The van der Waals surface area contributed by atoms with Gasteiger partial charge in [0.2, 0.25) is 5.91 Å². The van der Waals surface area contributed by atoms with E-state index in [1.165, 1.54) is 4.90 Å². The zero-order chi connectivity index (χ0) is 10.6. The summed E-state index contributed by atoms with van der Waals surface area (Å²) in [6.07, 6.45) is 0. The number of nitrogens with zero attached hydrogens (tertiary/aromatic N) is 1. The zero-order valence-electron chi connectivity index (χ0n) is 8.36. The number of nitrogens with two attached hydrogens (primary N) is 1. The molecule has 1 aromatic carbocycles. The summed E-state index contributed by atoms with van der Waals surface area (Å²) in [6, 6.07) is 7.23. The van der Waals surface area contributed by atoms with Crippen LogP contribution < -0.4 is 15.4 Å². The van der Waals surface area contributed by atoms with E-state index in [0.717, 1.165) is 11.4 Å². The molecule has 0 fully saturated rings. The van der Waals surface area contributed by atoms with Crippen molar-refractivity contribution >= 4 is 11.6 Å². The van der Waals surface area contributed by atoms with E-state index in [4.69, 9.17) is 10.5 Å². The van der Waals surface area contributed by atoms with Crippen molar-refractivity contribution in [2.24, 2.45) is 5.73 Å². The largest absolute Gasteiger partial charge is 0.497 e. The van der Waals surface area contributed by atoms with Crippen molar-refractivity contribution in [3.8, 4) is 5.75 Å². The maximum atomic E-state index is 11.2. The zero-order valence-corrected chi connectivity index (χ0v) is 8.36. The molecule has 76 valence electrons. The normalized spacial score (nSPS) is 9.64. The van der Waals surface area contributed by atoms with Gasteiger partial charge in [0.25, 0.3) is 0 Å². The highest BCUT2D eigenvalue weighted by molar-refractivity contribution is 5.94. The monoisotopic (exact) mass is 194 g/mol. The Morgan fingerprint density at radius 3 is 2.43 bits per heavy atom. The number of hydrogen-bond acceptors (Lipinski definition) is 3. The van der Waals surface area contributed by atoms with Gasteiger partial charge in [-0.15, -0.1) is 0 Å². The quantitative estimate of drug-likeness (QED) is 0.767. The molecule has 0 bridgehead atoms. The highest BCUT2D eigenvalue weighted by Crippen LogP contribution is 2.17. The summed E-state index contributed by atoms with van der Waals surface area (Å²) >= 11 is 0. The van der Waals surface area contributed by atoms with Crippen molar-refractivity contribution in [2.75, 3.05) is 25.6 Å². The number of benzene rings is 1. The molecule has 0 saturated heterocycles. The van der Waals surface area contributed by atoms with Crippen LogP contribution in [-0.2, 0) is 4.79 Å². The summed E-state index contributed by atoms with van der Waals surface area (Å²) in [6.45, 7) is 0.0164. The molecule has 2 N–H and O–H groups in total. The Hall–Kier alpha value is -1.55. The van der Waals surface area contributed by atoms with Gasteiger partial charge in [-0.1, -0.05) is 0 Å². The molecular weight excluding hydrogens is 180 g/mol. The molecule has 1 aromatic rings. The highest BCUT2D eigenvalue weighted by Gasteiger charge is 2.07. The first-order valence-corrected chi connectivity index (χ1v) is 4.29. The first-order chi connectivity index (χ1) is 6.69. The number of anilines is 1. The summed E-state index contributed by atoms with van der Waals surface area (Å²) in [5.74, 6) is 0.650.